The molecule has 5 nitrogen and oxygen atoms in total. The standard InChI is InChI=1S/C14H26N4O/c1-4-13-16-14(19-17-13)10-18(11(2)3)9-12-6-5-7-15-8-12/h11-12,15H,4-10H2,1-3H3. The van der Waals surface area contributed by atoms with Gasteiger partial charge in [-0.25, -0.2) is 0 Å². The van der Waals surface area contributed by atoms with Gasteiger partial charge in [0.15, 0.2) is 5.82 Å². The SMILES string of the molecule is CCc1noc(CN(CC2CCCNC2)C(C)C)n1. The van der Waals surface area contributed by atoms with Gasteiger partial charge in [0.1, 0.15) is 0 Å². The lowest BCUT2D eigenvalue weighted by atomic mass is 9.98. The normalized spacial score (nSPS) is 20.4. The van der Waals surface area contributed by atoms with Crippen molar-refractivity contribution in [2.75, 3.05) is 19.6 Å². The lowest BCUT2D eigenvalue weighted by molar-refractivity contribution is 0.146. The number of hydrogen-bond donors (Lipinski definition) is 1. The van der Waals surface area contributed by atoms with Crippen LogP contribution in [0.2, 0.25) is 0 Å². The van der Waals surface area contributed by atoms with E-state index in [1.165, 1.54) is 19.4 Å². The van der Waals surface area contributed by atoms with E-state index in [0.717, 1.165) is 43.7 Å². The second kappa shape index (κ2) is 7.01. The molecular formula is C14H26N4O. The zero-order chi connectivity index (χ0) is 13.7. The van der Waals surface area contributed by atoms with Crippen LogP contribution in [0.25, 0.3) is 0 Å². The first kappa shape index (κ1) is 14.5. The Hall–Kier alpha value is -0.940. The van der Waals surface area contributed by atoms with Crippen LogP contribution < -0.4 is 5.32 Å². The zero-order valence-electron chi connectivity index (χ0n) is 12.4. The Bertz CT molecular complexity index is 371. The molecule has 108 valence electrons. The second-order valence-corrected chi connectivity index (χ2v) is 5.69. The summed E-state index contributed by atoms with van der Waals surface area (Å²) in [5.41, 5.74) is 0. The van der Waals surface area contributed by atoms with Crippen molar-refractivity contribution in [2.45, 2.75) is 52.6 Å². The fourth-order valence-corrected chi connectivity index (χ4v) is 2.54. The number of nitrogens with zero attached hydrogens (tertiary/aromatic N) is 3. The first-order valence-corrected chi connectivity index (χ1v) is 7.45. The van der Waals surface area contributed by atoms with Gasteiger partial charge in [-0.2, -0.15) is 4.98 Å². The minimum atomic E-state index is 0.499. The van der Waals surface area contributed by atoms with E-state index in [4.69, 9.17) is 4.52 Å². The molecule has 2 rings (SSSR count). The van der Waals surface area contributed by atoms with E-state index in [1.54, 1.807) is 0 Å². The highest BCUT2D eigenvalue weighted by Crippen LogP contribution is 2.15. The smallest absolute Gasteiger partial charge is 0.240 e. The Labute approximate surface area is 115 Å². The molecule has 1 fully saturated rings. The monoisotopic (exact) mass is 266 g/mol. The van der Waals surface area contributed by atoms with Gasteiger partial charge in [-0.15, -0.1) is 0 Å². The Kier molecular flexibility index (Phi) is 5.34. The first-order chi connectivity index (χ1) is 9.19. The molecule has 1 saturated heterocycles. The number of hydrogen-bond acceptors (Lipinski definition) is 5. The summed E-state index contributed by atoms with van der Waals surface area (Å²) in [4.78, 5) is 6.84. The highest BCUT2D eigenvalue weighted by atomic mass is 16.5. The third-order valence-corrected chi connectivity index (χ3v) is 3.79. The van der Waals surface area contributed by atoms with Gasteiger partial charge in [-0.05, 0) is 45.7 Å². The summed E-state index contributed by atoms with van der Waals surface area (Å²) in [5, 5.41) is 7.45. The number of nitrogens with one attached hydrogen (secondary N) is 1. The van der Waals surface area contributed by atoms with Crippen molar-refractivity contribution in [3.63, 3.8) is 0 Å². The summed E-state index contributed by atoms with van der Waals surface area (Å²) in [6.07, 6.45) is 3.44. The number of rotatable bonds is 6. The van der Waals surface area contributed by atoms with Crippen molar-refractivity contribution in [3.8, 4) is 0 Å². The van der Waals surface area contributed by atoms with Crippen LogP contribution in [0, 0.1) is 5.92 Å². The van der Waals surface area contributed by atoms with Crippen molar-refractivity contribution in [1.82, 2.24) is 20.4 Å². The molecular weight excluding hydrogens is 240 g/mol. The molecule has 1 N–H and O–H groups in total. The number of aromatic nitrogens is 2. The van der Waals surface area contributed by atoms with E-state index >= 15 is 0 Å². The van der Waals surface area contributed by atoms with Crippen molar-refractivity contribution in [2.24, 2.45) is 5.92 Å². The predicted octanol–water partition coefficient (Wildman–Crippen LogP) is 1.84. The molecule has 1 atom stereocenters. The van der Waals surface area contributed by atoms with Gasteiger partial charge in [0.2, 0.25) is 5.89 Å². The van der Waals surface area contributed by atoms with E-state index in [1.807, 2.05) is 6.92 Å². The summed E-state index contributed by atoms with van der Waals surface area (Å²) in [5.74, 6) is 2.29. The molecule has 19 heavy (non-hydrogen) atoms. The predicted molar refractivity (Wildman–Crippen MR) is 74.8 cm³/mol. The minimum absolute atomic E-state index is 0.499. The molecule has 1 aliphatic rings. The molecule has 1 unspecified atom stereocenters. The van der Waals surface area contributed by atoms with E-state index in [9.17, 15) is 0 Å². The lowest BCUT2D eigenvalue weighted by Gasteiger charge is -2.31. The molecule has 0 radical (unpaired) electrons. The molecule has 5 heteroatoms. The van der Waals surface area contributed by atoms with Gasteiger partial charge in [0, 0.05) is 19.0 Å². The largest absolute Gasteiger partial charge is 0.338 e. The van der Waals surface area contributed by atoms with Crippen molar-refractivity contribution < 1.29 is 4.52 Å². The number of aryl methyl sites for hydroxylation is 1. The molecule has 0 bridgehead atoms. The van der Waals surface area contributed by atoms with Gasteiger partial charge in [-0.1, -0.05) is 12.1 Å². The van der Waals surface area contributed by atoms with Crippen LogP contribution in [0.1, 0.15) is 45.3 Å². The number of piperidine rings is 1. The van der Waals surface area contributed by atoms with E-state index in [0.29, 0.717) is 6.04 Å². The fourth-order valence-electron chi connectivity index (χ4n) is 2.54. The lowest BCUT2D eigenvalue weighted by Crippen LogP contribution is -2.40. The Morgan fingerprint density at radius 3 is 2.89 bits per heavy atom. The Morgan fingerprint density at radius 2 is 2.32 bits per heavy atom. The third kappa shape index (κ3) is 4.28. The zero-order valence-corrected chi connectivity index (χ0v) is 12.4. The molecule has 1 aromatic rings. The average Bonchev–Trinajstić information content (AvgIpc) is 2.87. The summed E-state index contributed by atoms with van der Waals surface area (Å²) in [6.45, 7) is 10.7. The highest BCUT2D eigenvalue weighted by molar-refractivity contribution is 4.87. The van der Waals surface area contributed by atoms with Crippen molar-refractivity contribution in [1.29, 1.82) is 0 Å². The van der Waals surface area contributed by atoms with Crippen LogP contribution in [-0.4, -0.2) is 40.7 Å². The minimum Gasteiger partial charge on any atom is -0.338 e. The maximum absolute atomic E-state index is 5.31. The molecule has 0 saturated carbocycles. The van der Waals surface area contributed by atoms with Gasteiger partial charge in [0.05, 0.1) is 6.54 Å². The maximum Gasteiger partial charge on any atom is 0.240 e. The van der Waals surface area contributed by atoms with Crippen LogP contribution in [0.4, 0.5) is 0 Å². The maximum atomic E-state index is 5.31. The first-order valence-electron chi connectivity index (χ1n) is 7.45. The van der Waals surface area contributed by atoms with Gasteiger partial charge >= 0.3 is 0 Å². The van der Waals surface area contributed by atoms with Crippen molar-refractivity contribution in [3.05, 3.63) is 11.7 Å². The molecule has 1 aliphatic heterocycles. The third-order valence-electron chi connectivity index (χ3n) is 3.79. The molecule has 2 heterocycles. The molecule has 1 aromatic heterocycles. The highest BCUT2D eigenvalue weighted by Gasteiger charge is 2.20. The second-order valence-electron chi connectivity index (χ2n) is 5.69. The van der Waals surface area contributed by atoms with Crippen LogP contribution in [0.5, 0.6) is 0 Å². The fraction of sp³-hybridized carbons (Fsp3) is 0.857. The molecule has 0 aliphatic carbocycles. The van der Waals surface area contributed by atoms with Crippen LogP contribution in [0.15, 0.2) is 4.52 Å². The van der Waals surface area contributed by atoms with E-state index in [-0.39, 0.29) is 0 Å². The van der Waals surface area contributed by atoms with Gasteiger partial charge in [0.25, 0.3) is 0 Å². The van der Waals surface area contributed by atoms with Crippen LogP contribution in [-0.2, 0) is 13.0 Å². The topological polar surface area (TPSA) is 54.2 Å². The molecule has 0 amide bonds. The Morgan fingerprint density at radius 1 is 1.47 bits per heavy atom. The van der Waals surface area contributed by atoms with E-state index < -0.39 is 0 Å². The van der Waals surface area contributed by atoms with E-state index in [2.05, 4.69) is 34.2 Å². The van der Waals surface area contributed by atoms with Crippen LogP contribution >= 0.6 is 0 Å². The Balaban J connectivity index is 1.91. The molecule has 0 aromatic carbocycles. The average molecular weight is 266 g/mol. The summed E-state index contributed by atoms with van der Waals surface area (Å²) < 4.78 is 5.31. The van der Waals surface area contributed by atoms with Gasteiger partial charge in [-0.3, -0.25) is 4.90 Å². The van der Waals surface area contributed by atoms with Crippen molar-refractivity contribution >= 4 is 0 Å². The summed E-state index contributed by atoms with van der Waals surface area (Å²) >= 11 is 0. The summed E-state index contributed by atoms with van der Waals surface area (Å²) in [6, 6.07) is 0.499. The molecule has 0 spiro atoms. The quantitative estimate of drug-likeness (QED) is 0.851. The summed E-state index contributed by atoms with van der Waals surface area (Å²) in [7, 11) is 0. The van der Waals surface area contributed by atoms with Gasteiger partial charge < -0.3 is 9.84 Å². The van der Waals surface area contributed by atoms with Crippen LogP contribution in [0.3, 0.4) is 0 Å².